The summed E-state index contributed by atoms with van der Waals surface area (Å²) in [5, 5.41) is 9.79. The average Bonchev–Trinajstić information content (AvgIpc) is 2.01. The lowest BCUT2D eigenvalue weighted by molar-refractivity contribution is -0.385. The summed E-state index contributed by atoms with van der Waals surface area (Å²) >= 11 is 8.36. The van der Waals surface area contributed by atoms with Crippen molar-refractivity contribution < 1.29 is 9.72 Å². The molecule has 0 spiro atoms. The highest BCUT2D eigenvalue weighted by Crippen LogP contribution is 2.28. The zero-order valence-corrected chi connectivity index (χ0v) is 9.42. The van der Waals surface area contributed by atoms with Gasteiger partial charge in [0.15, 0.2) is 0 Å². The molecule has 4 nitrogen and oxygen atoms in total. The number of nitrogens with zero attached hydrogens (tertiary/aromatic N) is 1. The fourth-order valence-electron chi connectivity index (χ4n) is 1.13. The van der Waals surface area contributed by atoms with E-state index in [1.165, 1.54) is 6.07 Å². The summed E-state index contributed by atoms with van der Waals surface area (Å²) in [6.45, 7) is 1.59. The molecule has 0 amide bonds. The second-order valence-electron chi connectivity index (χ2n) is 2.65. The molecule has 14 heavy (non-hydrogen) atoms. The Kier molecular flexibility index (Phi) is 3.23. The monoisotopic (exact) mass is 277 g/mol. The van der Waals surface area contributed by atoms with Gasteiger partial charge in [0.2, 0.25) is 0 Å². The molecule has 6 heteroatoms. The first kappa shape index (κ1) is 11.1. The van der Waals surface area contributed by atoms with Crippen LogP contribution >= 0.6 is 27.5 Å². The second-order valence-corrected chi connectivity index (χ2v) is 3.91. The van der Waals surface area contributed by atoms with Gasteiger partial charge in [-0.15, -0.1) is 0 Å². The summed E-state index contributed by atoms with van der Waals surface area (Å²) in [5.74, 6) is 0. The van der Waals surface area contributed by atoms with Crippen LogP contribution in [0.5, 0.6) is 0 Å². The molecule has 1 aromatic rings. The van der Waals surface area contributed by atoms with Crippen molar-refractivity contribution in [3.63, 3.8) is 0 Å². The lowest BCUT2D eigenvalue weighted by Crippen LogP contribution is -2.01. The van der Waals surface area contributed by atoms with Crippen LogP contribution in [0.25, 0.3) is 0 Å². The van der Waals surface area contributed by atoms with E-state index in [4.69, 9.17) is 11.6 Å². The fourth-order valence-corrected chi connectivity index (χ4v) is 1.93. The van der Waals surface area contributed by atoms with Crippen LogP contribution in [0.3, 0.4) is 0 Å². The third-order valence-electron chi connectivity index (χ3n) is 1.67. The lowest BCUT2D eigenvalue weighted by Gasteiger charge is -2.02. The Morgan fingerprint density at radius 3 is 2.57 bits per heavy atom. The van der Waals surface area contributed by atoms with Gasteiger partial charge in [-0.25, -0.2) is 0 Å². The third-order valence-corrected chi connectivity index (χ3v) is 2.32. The quantitative estimate of drug-likeness (QED) is 0.474. The Hall–Kier alpha value is -0.940. The molecule has 0 aliphatic heterocycles. The minimum Gasteiger partial charge on any atom is -0.275 e. The molecule has 0 saturated carbocycles. The Morgan fingerprint density at radius 2 is 2.14 bits per heavy atom. The zero-order chi connectivity index (χ0) is 10.9. The maximum Gasteiger partial charge on any atom is 0.282 e. The Balaban J connectivity index is 3.52. The standard InChI is InChI=1S/C8H5BrClNO3/c1-4-2-5(9)3-6(11(13)14)7(4)8(10)12/h2-3H,1H3. The van der Waals surface area contributed by atoms with Crippen molar-refractivity contribution in [1.29, 1.82) is 0 Å². The highest BCUT2D eigenvalue weighted by Gasteiger charge is 2.21. The van der Waals surface area contributed by atoms with Crippen molar-refractivity contribution in [3.05, 3.63) is 37.8 Å². The van der Waals surface area contributed by atoms with E-state index >= 15 is 0 Å². The van der Waals surface area contributed by atoms with Crippen molar-refractivity contribution in [3.8, 4) is 0 Å². The van der Waals surface area contributed by atoms with Crippen molar-refractivity contribution in [2.45, 2.75) is 6.92 Å². The number of benzene rings is 1. The fraction of sp³-hybridized carbons (Fsp3) is 0.125. The van der Waals surface area contributed by atoms with Crippen molar-refractivity contribution in [2.24, 2.45) is 0 Å². The molecular formula is C8H5BrClNO3. The Morgan fingerprint density at radius 1 is 1.57 bits per heavy atom. The van der Waals surface area contributed by atoms with E-state index in [1.54, 1.807) is 13.0 Å². The normalized spacial score (nSPS) is 9.93. The lowest BCUT2D eigenvalue weighted by atomic mass is 10.1. The van der Waals surface area contributed by atoms with Gasteiger partial charge in [0.05, 0.1) is 4.92 Å². The van der Waals surface area contributed by atoms with Crippen molar-refractivity contribution >= 4 is 38.5 Å². The molecule has 0 radical (unpaired) electrons. The average molecular weight is 278 g/mol. The predicted molar refractivity (Wildman–Crippen MR) is 55.7 cm³/mol. The van der Waals surface area contributed by atoms with E-state index in [0.717, 1.165) is 0 Å². The number of hydrogen-bond donors (Lipinski definition) is 0. The van der Waals surface area contributed by atoms with Crippen LogP contribution in [0, 0.1) is 17.0 Å². The molecular weight excluding hydrogens is 273 g/mol. The molecule has 0 unspecified atom stereocenters. The number of rotatable bonds is 2. The summed E-state index contributed by atoms with van der Waals surface area (Å²) in [7, 11) is 0. The minimum atomic E-state index is -0.818. The third kappa shape index (κ3) is 2.10. The van der Waals surface area contributed by atoms with Crippen LogP contribution < -0.4 is 0 Å². The number of aryl methyl sites for hydroxylation is 1. The van der Waals surface area contributed by atoms with Crippen LogP contribution in [-0.2, 0) is 0 Å². The first-order chi connectivity index (χ1) is 6.43. The molecule has 0 fully saturated rings. The van der Waals surface area contributed by atoms with Crippen LogP contribution in [0.1, 0.15) is 15.9 Å². The highest BCUT2D eigenvalue weighted by molar-refractivity contribution is 9.10. The van der Waals surface area contributed by atoms with E-state index < -0.39 is 10.2 Å². The van der Waals surface area contributed by atoms with Gasteiger partial charge in [-0.1, -0.05) is 15.9 Å². The Bertz CT molecular complexity index is 419. The number of hydrogen-bond acceptors (Lipinski definition) is 3. The maximum absolute atomic E-state index is 10.9. The summed E-state index contributed by atoms with van der Waals surface area (Å²) in [4.78, 5) is 20.9. The number of carbonyl (C=O) groups excluding carboxylic acids is 1. The smallest absolute Gasteiger partial charge is 0.275 e. The van der Waals surface area contributed by atoms with E-state index in [-0.39, 0.29) is 11.3 Å². The van der Waals surface area contributed by atoms with Crippen LogP contribution in [0.2, 0.25) is 0 Å². The maximum atomic E-state index is 10.9. The Labute approximate surface area is 93.1 Å². The molecule has 0 atom stereocenters. The first-order valence-electron chi connectivity index (χ1n) is 3.58. The first-order valence-corrected chi connectivity index (χ1v) is 4.75. The SMILES string of the molecule is Cc1cc(Br)cc([N+](=O)[O-])c1C(=O)Cl. The molecule has 0 aromatic heterocycles. The van der Waals surface area contributed by atoms with Gasteiger partial charge < -0.3 is 0 Å². The van der Waals surface area contributed by atoms with E-state index in [0.29, 0.717) is 10.0 Å². The molecule has 0 bridgehead atoms. The largest absolute Gasteiger partial charge is 0.282 e. The molecule has 1 aromatic carbocycles. The van der Waals surface area contributed by atoms with E-state index in [2.05, 4.69) is 15.9 Å². The number of nitro benzene ring substituents is 1. The molecule has 0 aliphatic rings. The zero-order valence-electron chi connectivity index (χ0n) is 7.08. The van der Waals surface area contributed by atoms with Gasteiger partial charge in [-0.3, -0.25) is 14.9 Å². The molecule has 0 N–H and O–H groups in total. The van der Waals surface area contributed by atoms with E-state index in [9.17, 15) is 14.9 Å². The van der Waals surface area contributed by atoms with Gasteiger partial charge in [0, 0.05) is 10.5 Å². The van der Waals surface area contributed by atoms with Gasteiger partial charge in [0.1, 0.15) is 5.56 Å². The van der Waals surface area contributed by atoms with Gasteiger partial charge in [-0.2, -0.15) is 0 Å². The number of halogens is 2. The summed E-state index contributed by atoms with van der Waals surface area (Å²) < 4.78 is 0.545. The second kappa shape index (κ2) is 4.06. The van der Waals surface area contributed by atoms with Crippen LogP contribution in [0.4, 0.5) is 5.69 Å². The van der Waals surface area contributed by atoms with Crippen LogP contribution in [0.15, 0.2) is 16.6 Å². The minimum absolute atomic E-state index is 0.0557. The summed E-state index contributed by atoms with van der Waals surface area (Å²) in [6, 6.07) is 2.85. The molecule has 0 saturated heterocycles. The van der Waals surface area contributed by atoms with Gasteiger partial charge in [0.25, 0.3) is 10.9 Å². The topological polar surface area (TPSA) is 60.2 Å². The number of carbonyl (C=O) groups is 1. The van der Waals surface area contributed by atoms with Crippen molar-refractivity contribution in [2.75, 3.05) is 0 Å². The summed E-state index contributed by atoms with van der Waals surface area (Å²) in [6.07, 6.45) is 0. The highest BCUT2D eigenvalue weighted by atomic mass is 79.9. The van der Waals surface area contributed by atoms with E-state index in [1.807, 2.05) is 0 Å². The van der Waals surface area contributed by atoms with Gasteiger partial charge in [-0.05, 0) is 30.2 Å². The molecule has 74 valence electrons. The number of nitro groups is 1. The molecule has 0 heterocycles. The molecule has 0 aliphatic carbocycles. The van der Waals surface area contributed by atoms with Crippen LogP contribution in [-0.4, -0.2) is 10.2 Å². The summed E-state index contributed by atoms with van der Waals surface area (Å²) in [5.41, 5.74) is 0.141. The van der Waals surface area contributed by atoms with Gasteiger partial charge >= 0.3 is 0 Å². The predicted octanol–water partition coefficient (Wildman–Crippen LogP) is 3.04. The van der Waals surface area contributed by atoms with Crippen molar-refractivity contribution in [1.82, 2.24) is 0 Å². The molecule has 1 rings (SSSR count).